The number of carbonyl (C=O) groups excluding carboxylic acids is 2. The van der Waals surface area contributed by atoms with E-state index in [9.17, 15) is 14.0 Å². The van der Waals surface area contributed by atoms with Crippen LogP contribution < -0.4 is 10.6 Å². The summed E-state index contributed by atoms with van der Waals surface area (Å²) in [7, 11) is 0. The zero-order valence-electron chi connectivity index (χ0n) is 19.6. The number of rotatable bonds is 6. The minimum absolute atomic E-state index is 0.114. The minimum Gasteiger partial charge on any atom is -0.373 e. The molecule has 1 aromatic carbocycles. The van der Waals surface area contributed by atoms with Gasteiger partial charge in [-0.05, 0) is 56.7 Å². The van der Waals surface area contributed by atoms with Crippen LogP contribution in [0.2, 0.25) is 0 Å². The van der Waals surface area contributed by atoms with Crippen molar-refractivity contribution in [3.8, 4) is 0 Å². The predicted molar refractivity (Wildman–Crippen MR) is 123 cm³/mol. The number of carbonyl (C=O) groups is 2. The van der Waals surface area contributed by atoms with Gasteiger partial charge in [0.15, 0.2) is 0 Å². The smallest absolute Gasteiger partial charge is 0.319 e. The molecule has 0 aliphatic carbocycles. The summed E-state index contributed by atoms with van der Waals surface area (Å²) >= 11 is 0. The normalized spacial score (nSPS) is 25.4. The minimum atomic E-state index is -0.395. The predicted octanol–water partition coefficient (Wildman–Crippen LogP) is 3.32. The molecule has 0 aromatic heterocycles. The highest BCUT2D eigenvalue weighted by molar-refractivity contribution is 5.89. The molecule has 3 rings (SSSR count). The molecule has 0 spiro atoms. The van der Waals surface area contributed by atoms with Crippen molar-refractivity contribution in [2.24, 2.45) is 11.8 Å². The van der Waals surface area contributed by atoms with Gasteiger partial charge in [0.1, 0.15) is 5.82 Å². The van der Waals surface area contributed by atoms with Crippen molar-refractivity contribution in [1.82, 2.24) is 15.1 Å². The SMILES string of the molecule is CC1CN(C(C(=O)N2CCCC(CNC(=O)Nc3cccc(F)c3)C2)C(C)C)CC(C)O1. The Hall–Kier alpha value is -2.19. The lowest BCUT2D eigenvalue weighted by Gasteiger charge is -2.44. The largest absolute Gasteiger partial charge is 0.373 e. The van der Waals surface area contributed by atoms with Crippen LogP contribution in [-0.4, -0.2) is 72.7 Å². The van der Waals surface area contributed by atoms with E-state index in [1.165, 1.54) is 12.1 Å². The molecule has 0 radical (unpaired) electrons. The molecule has 2 saturated heterocycles. The van der Waals surface area contributed by atoms with Gasteiger partial charge in [-0.25, -0.2) is 9.18 Å². The Morgan fingerprint density at radius 1 is 1.19 bits per heavy atom. The Kier molecular flexibility index (Phi) is 8.48. The number of ether oxygens (including phenoxy) is 1. The Labute approximate surface area is 190 Å². The van der Waals surface area contributed by atoms with Crippen LogP contribution in [0.25, 0.3) is 0 Å². The summed E-state index contributed by atoms with van der Waals surface area (Å²) in [6.45, 7) is 11.7. The molecular formula is C24H37FN4O3. The molecular weight excluding hydrogens is 411 g/mol. The first-order valence-electron chi connectivity index (χ1n) is 11.7. The van der Waals surface area contributed by atoms with Crippen LogP contribution >= 0.6 is 0 Å². The molecule has 4 atom stereocenters. The molecule has 32 heavy (non-hydrogen) atoms. The summed E-state index contributed by atoms with van der Waals surface area (Å²) in [4.78, 5) is 30.0. The number of halogens is 1. The molecule has 2 N–H and O–H groups in total. The fourth-order valence-electron chi connectivity index (χ4n) is 4.91. The van der Waals surface area contributed by atoms with Crippen LogP contribution in [0.4, 0.5) is 14.9 Å². The van der Waals surface area contributed by atoms with E-state index in [2.05, 4.69) is 43.2 Å². The molecule has 0 saturated carbocycles. The number of amides is 3. The fraction of sp³-hybridized carbons (Fsp3) is 0.667. The first-order chi connectivity index (χ1) is 15.2. The summed E-state index contributed by atoms with van der Waals surface area (Å²) in [5, 5.41) is 5.52. The molecule has 2 aliphatic heterocycles. The number of urea groups is 1. The molecule has 4 unspecified atom stereocenters. The lowest BCUT2D eigenvalue weighted by atomic mass is 9.94. The van der Waals surface area contributed by atoms with Gasteiger partial charge < -0.3 is 20.3 Å². The van der Waals surface area contributed by atoms with Gasteiger partial charge in [-0.2, -0.15) is 0 Å². The van der Waals surface area contributed by atoms with Crippen molar-refractivity contribution in [3.05, 3.63) is 30.1 Å². The molecule has 1 aromatic rings. The zero-order valence-corrected chi connectivity index (χ0v) is 19.6. The number of nitrogens with zero attached hydrogens (tertiary/aromatic N) is 2. The monoisotopic (exact) mass is 448 g/mol. The lowest BCUT2D eigenvalue weighted by molar-refractivity contribution is -0.147. The van der Waals surface area contributed by atoms with Gasteiger partial charge in [0.25, 0.3) is 0 Å². The maximum atomic E-state index is 13.5. The number of nitrogens with one attached hydrogen (secondary N) is 2. The van der Waals surface area contributed by atoms with E-state index in [0.29, 0.717) is 18.8 Å². The number of likely N-dealkylation sites (tertiary alicyclic amines) is 1. The lowest BCUT2D eigenvalue weighted by Crippen LogP contribution is -2.59. The van der Waals surface area contributed by atoms with Crippen molar-refractivity contribution in [2.45, 2.75) is 58.8 Å². The van der Waals surface area contributed by atoms with E-state index in [-0.39, 0.29) is 42.0 Å². The molecule has 3 amide bonds. The van der Waals surface area contributed by atoms with Crippen molar-refractivity contribution >= 4 is 17.6 Å². The third-order valence-corrected chi connectivity index (χ3v) is 6.19. The van der Waals surface area contributed by atoms with E-state index < -0.39 is 5.82 Å². The highest BCUT2D eigenvalue weighted by Crippen LogP contribution is 2.23. The van der Waals surface area contributed by atoms with Gasteiger partial charge >= 0.3 is 6.03 Å². The van der Waals surface area contributed by atoms with Crippen LogP contribution in [0.1, 0.15) is 40.5 Å². The summed E-state index contributed by atoms with van der Waals surface area (Å²) in [6.07, 6.45) is 2.11. The van der Waals surface area contributed by atoms with Gasteiger partial charge in [0.2, 0.25) is 5.91 Å². The Morgan fingerprint density at radius 3 is 2.56 bits per heavy atom. The maximum absolute atomic E-state index is 13.5. The average molecular weight is 449 g/mol. The van der Waals surface area contributed by atoms with Crippen molar-refractivity contribution in [3.63, 3.8) is 0 Å². The molecule has 7 nitrogen and oxygen atoms in total. The van der Waals surface area contributed by atoms with Gasteiger partial charge in [-0.15, -0.1) is 0 Å². The van der Waals surface area contributed by atoms with Gasteiger partial charge in [-0.3, -0.25) is 9.69 Å². The van der Waals surface area contributed by atoms with Crippen molar-refractivity contribution in [2.75, 3.05) is 38.0 Å². The molecule has 178 valence electrons. The van der Waals surface area contributed by atoms with Crippen LogP contribution in [0.3, 0.4) is 0 Å². The van der Waals surface area contributed by atoms with Crippen LogP contribution in [0, 0.1) is 17.7 Å². The molecule has 0 bridgehead atoms. The van der Waals surface area contributed by atoms with Crippen molar-refractivity contribution < 1.29 is 18.7 Å². The number of hydrogen-bond donors (Lipinski definition) is 2. The Bertz CT molecular complexity index is 780. The van der Waals surface area contributed by atoms with E-state index in [0.717, 1.165) is 32.5 Å². The van der Waals surface area contributed by atoms with E-state index in [1.54, 1.807) is 12.1 Å². The summed E-state index contributed by atoms with van der Waals surface area (Å²) in [5.74, 6) is 0.181. The molecule has 8 heteroatoms. The Balaban J connectivity index is 1.54. The van der Waals surface area contributed by atoms with Gasteiger partial charge in [-0.1, -0.05) is 19.9 Å². The van der Waals surface area contributed by atoms with Crippen LogP contribution in [0.15, 0.2) is 24.3 Å². The number of anilines is 1. The second kappa shape index (κ2) is 11.1. The molecule has 2 heterocycles. The highest BCUT2D eigenvalue weighted by Gasteiger charge is 2.37. The van der Waals surface area contributed by atoms with Gasteiger partial charge in [0, 0.05) is 38.4 Å². The van der Waals surface area contributed by atoms with E-state index in [1.807, 2.05) is 4.90 Å². The summed E-state index contributed by atoms with van der Waals surface area (Å²) < 4.78 is 19.2. The molecule has 2 fully saturated rings. The van der Waals surface area contributed by atoms with E-state index in [4.69, 9.17) is 4.74 Å². The Morgan fingerprint density at radius 2 is 1.91 bits per heavy atom. The first-order valence-corrected chi connectivity index (χ1v) is 11.7. The number of piperidine rings is 1. The third kappa shape index (κ3) is 6.65. The van der Waals surface area contributed by atoms with Crippen LogP contribution in [0.5, 0.6) is 0 Å². The zero-order chi connectivity index (χ0) is 23.3. The van der Waals surface area contributed by atoms with Crippen LogP contribution in [-0.2, 0) is 9.53 Å². The van der Waals surface area contributed by atoms with E-state index >= 15 is 0 Å². The fourth-order valence-corrected chi connectivity index (χ4v) is 4.91. The number of hydrogen-bond acceptors (Lipinski definition) is 4. The van der Waals surface area contributed by atoms with Gasteiger partial charge in [0.05, 0.1) is 18.2 Å². The maximum Gasteiger partial charge on any atom is 0.319 e. The summed E-state index contributed by atoms with van der Waals surface area (Å²) in [5.41, 5.74) is 0.414. The second-order valence-corrected chi connectivity index (χ2v) is 9.54. The molecule has 2 aliphatic rings. The number of benzene rings is 1. The highest BCUT2D eigenvalue weighted by atomic mass is 19.1. The quantitative estimate of drug-likeness (QED) is 0.700. The first kappa shape index (κ1) is 24.5. The standard InChI is InChI=1S/C24H37FN4O3/c1-16(2)22(29-13-17(3)32-18(4)14-29)23(30)28-10-6-7-19(15-28)12-26-24(31)27-21-9-5-8-20(25)11-21/h5,8-9,11,16-19,22H,6-7,10,12-15H2,1-4H3,(H2,26,27,31). The van der Waals surface area contributed by atoms with Crippen molar-refractivity contribution in [1.29, 1.82) is 0 Å². The average Bonchev–Trinajstić information content (AvgIpc) is 2.71. The second-order valence-electron chi connectivity index (χ2n) is 9.54. The summed E-state index contributed by atoms with van der Waals surface area (Å²) in [6, 6.07) is 5.28. The topological polar surface area (TPSA) is 73.9 Å². The third-order valence-electron chi connectivity index (χ3n) is 6.19. The number of morpholine rings is 1.